The number of amides is 4. The van der Waals surface area contributed by atoms with E-state index in [0.717, 1.165) is 49.8 Å². The summed E-state index contributed by atoms with van der Waals surface area (Å²) in [5.74, 6) is -0.172. The number of nitrogens with one attached hydrogen (secondary N) is 1. The van der Waals surface area contributed by atoms with Gasteiger partial charge < -0.3 is 10.2 Å². The van der Waals surface area contributed by atoms with Crippen LogP contribution in [-0.2, 0) is 9.59 Å². The number of urea groups is 1. The van der Waals surface area contributed by atoms with Gasteiger partial charge in [0.1, 0.15) is 12.1 Å². The van der Waals surface area contributed by atoms with Gasteiger partial charge in [0.05, 0.1) is 0 Å². The van der Waals surface area contributed by atoms with Crippen molar-refractivity contribution in [2.45, 2.75) is 83.2 Å². The molecule has 0 aromatic heterocycles. The summed E-state index contributed by atoms with van der Waals surface area (Å²) >= 11 is 0. The number of carbonyl (C=O) groups is 3. The maximum atomic E-state index is 13.0. The summed E-state index contributed by atoms with van der Waals surface area (Å²) in [6.07, 6.45) is 9.26. The van der Waals surface area contributed by atoms with E-state index in [2.05, 4.69) is 5.32 Å². The number of likely N-dealkylation sites (N-methyl/N-ethyl adjacent to an activating group) is 1. The third kappa shape index (κ3) is 3.27. The average Bonchev–Trinajstić information content (AvgIpc) is 2.84. The quantitative estimate of drug-likeness (QED) is 0.793. The van der Waals surface area contributed by atoms with Crippen LogP contribution >= 0.6 is 0 Å². The highest BCUT2D eigenvalue weighted by Gasteiger charge is 2.55. The number of rotatable bonds is 4. The minimum Gasteiger partial charge on any atom is -0.338 e. The molecule has 0 radical (unpaired) electrons. The van der Waals surface area contributed by atoms with Crippen molar-refractivity contribution in [2.24, 2.45) is 5.92 Å². The lowest BCUT2D eigenvalue weighted by Gasteiger charge is -2.37. The number of imide groups is 1. The highest BCUT2D eigenvalue weighted by Crippen LogP contribution is 2.38. The van der Waals surface area contributed by atoms with E-state index in [1.54, 1.807) is 0 Å². The summed E-state index contributed by atoms with van der Waals surface area (Å²) in [6, 6.07) is -0.138. The van der Waals surface area contributed by atoms with Gasteiger partial charge in [-0.15, -0.1) is 0 Å². The van der Waals surface area contributed by atoms with Crippen molar-refractivity contribution in [1.29, 1.82) is 0 Å². The maximum Gasteiger partial charge on any atom is 0.325 e. The smallest absolute Gasteiger partial charge is 0.325 e. The van der Waals surface area contributed by atoms with Crippen LogP contribution in [0.5, 0.6) is 0 Å². The lowest BCUT2D eigenvalue weighted by molar-refractivity contribution is -0.142. The first kappa shape index (κ1) is 18.2. The molecule has 2 saturated carbocycles. The van der Waals surface area contributed by atoms with Crippen LogP contribution in [-0.4, -0.2) is 52.3 Å². The van der Waals surface area contributed by atoms with Crippen molar-refractivity contribution in [3.8, 4) is 0 Å². The standard InChI is InChI=1S/C19H31N3O3/c1-3-21(15-10-5-4-6-11-15)16(23)13-22-17(24)19(20-18(22)25)12-8-7-9-14(19)2/h14-15H,3-13H2,1-2H3,(H,20,25)/t14-,19-/m0/s1. The molecule has 1 N–H and O–H groups in total. The average molecular weight is 349 g/mol. The van der Waals surface area contributed by atoms with Crippen LogP contribution in [0.4, 0.5) is 4.79 Å². The second-order valence-corrected chi connectivity index (χ2v) is 7.91. The summed E-state index contributed by atoms with van der Waals surface area (Å²) in [7, 11) is 0. The van der Waals surface area contributed by atoms with Gasteiger partial charge >= 0.3 is 6.03 Å². The molecular formula is C19H31N3O3. The third-order valence-corrected chi connectivity index (χ3v) is 6.47. The predicted octanol–water partition coefficient (Wildman–Crippen LogP) is 2.67. The fourth-order valence-corrected chi connectivity index (χ4v) is 4.90. The van der Waals surface area contributed by atoms with Crippen LogP contribution in [0.1, 0.15) is 71.6 Å². The Morgan fingerprint density at radius 2 is 1.84 bits per heavy atom. The lowest BCUT2D eigenvalue weighted by atomic mass is 9.73. The molecule has 1 heterocycles. The summed E-state index contributed by atoms with van der Waals surface area (Å²) < 4.78 is 0. The topological polar surface area (TPSA) is 69.7 Å². The first-order valence-electron chi connectivity index (χ1n) is 9.93. The van der Waals surface area contributed by atoms with E-state index in [-0.39, 0.29) is 30.3 Å². The molecular weight excluding hydrogens is 318 g/mol. The van der Waals surface area contributed by atoms with Crippen molar-refractivity contribution in [1.82, 2.24) is 15.1 Å². The Hall–Kier alpha value is -1.59. The van der Waals surface area contributed by atoms with Gasteiger partial charge in [-0.05, 0) is 38.5 Å². The van der Waals surface area contributed by atoms with Crippen LogP contribution in [0.15, 0.2) is 0 Å². The predicted molar refractivity (Wildman–Crippen MR) is 94.9 cm³/mol. The largest absolute Gasteiger partial charge is 0.338 e. The zero-order valence-electron chi connectivity index (χ0n) is 15.6. The zero-order chi connectivity index (χ0) is 18.0. The molecule has 3 aliphatic rings. The van der Waals surface area contributed by atoms with Crippen LogP contribution in [0.3, 0.4) is 0 Å². The van der Waals surface area contributed by atoms with E-state index in [0.29, 0.717) is 13.0 Å². The van der Waals surface area contributed by atoms with Crippen LogP contribution in [0.2, 0.25) is 0 Å². The van der Waals surface area contributed by atoms with E-state index in [1.165, 1.54) is 6.42 Å². The second kappa shape index (κ2) is 7.34. The van der Waals surface area contributed by atoms with Gasteiger partial charge in [0.25, 0.3) is 5.91 Å². The molecule has 0 bridgehead atoms. The van der Waals surface area contributed by atoms with Gasteiger partial charge in [0, 0.05) is 12.6 Å². The van der Waals surface area contributed by atoms with Crippen molar-refractivity contribution < 1.29 is 14.4 Å². The Balaban J connectivity index is 1.70. The van der Waals surface area contributed by atoms with E-state index in [1.807, 2.05) is 18.7 Å². The monoisotopic (exact) mass is 349 g/mol. The van der Waals surface area contributed by atoms with Crippen LogP contribution < -0.4 is 5.32 Å². The summed E-state index contributed by atoms with van der Waals surface area (Å²) in [4.78, 5) is 41.3. The fraction of sp³-hybridized carbons (Fsp3) is 0.842. The number of carbonyl (C=O) groups excluding carboxylic acids is 3. The Morgan fingerprint density at radius 1 is 1.16 bits per heavy atom. The Kier molecular flexibility index (Phi) is 5.35. The summed E-state index contributed by atoms with van der Waals surface area (Å²) in [6.45, 7) is 4.52. The van der Waals surface area contributed by atoms with Crippen LogP contribution in [0.25, 0.3) is 0 Å². The van der Waals surface area contributed by atoms with Crippen molar-refractivity contribution >= 4 is 17.8 Å². The van der Waals surface area contributed by atoms with Gasteiger partial charge in [-0.1, -0.05) is 39.0 Å². The minimum absolute atomic E-state index is 0.0987. The molecule has 3 fully saturated rings. The first-order valence-corrected chi connectivity index (χ1v) is 9.93. The second-order valence-electron chi connectivity index (χ2n) is 7.91. The Bertz CT molecular complexity index is 544. The van der Waals surface area contributed by atoms with Gasteiger partial charge in [0.15, 0.2) is 0 Å². The highest BCUT2D eigenvalue weighted by atomic mass is 16.2. The van der Waals surface area contributed by atoms with Gasteiger partial charge in [-0.3, -0.25) is 14.5 Å². The molecule has 1 aliphatic heterocycles. The van der Waals surface area contributed by atoms with Crippen molar-refractivity contribution in [3.63, 3.8) is 0 Å². The highest BCUT2D eigenvalue weighted by molar-refractivity contribution is 6.09. The SMILES string of the molecule is CCN(C(=O)CN1C(=O)N[C@]2(CCCC[C@@H]2C)C1=O)C1CCCCC1. The third-order valence-electron chi connectivity index (χ3n) is 6.47. The fourth-order valence-electron chi connectivity index (χ4n) is 4.90. The molecule has 4 amide bonds. The van der Waals surface area contributed by atoms with Crippen molar-refractivity contribution in [2.75, 3.05) is 13.1 Å². The molecule has 2 atom stereocenters. The molecule has 6 heteroatoms. The molecule has 6 nitrogen and oxygen atoms in total. The molecule has 140 valence electrons. The zero-order valence-corrected chi connectivity index (χ0v) is 15.6. The Morgan fingerprint density at radius 3 is 2.48 bits per heavy atom. The molecule has 0 unspecified atom stereocenters. The lowest BCUT2D eigenvalue weighted by Crippen LogP contribution is -2.54. The maximum absolute atomic E-state index is 13.0. The molecule has 3 rings (SSSR count). The van der Waals surface area contributed by atoms with Gasteiger partial charge in [0.2, 0.25) is 5.91 Å². The Labute approximate surface area is 150 Å². The van der Waals surface area contributed by atoms with Gasteiger partial charge in [-0.25, -0.2) is 4.79 Å². The minimum atomic E-state index is -0.780. The van der Waals surface area contributed by atoms with E-state index in [4.69, 9.17) is 0 Å². The van der Waals surface area contributed by atoms with Gasteiger partial charge in [-0.2, -0.15) is 0 Å². The van der Waals surface area contributed by atoms with Crippen molar-refractivity contribution in [3.05, 3.63) is 0 Å². The van der Waals surface area contributed by atoms with E-state index >= 15 is 0 Å². The van der Waals surface area contributed by atoms with Crippen LogP contribution in [0, 0.1) is 5.92 Å². The number of hydrogen-bond donors (Lipinski definition) is 1. The van der Waals surface area contributed by atoms with E-state index in [9.17, 15) is 14.4 Å². The molecule has 0 aromatic carbocycles. The summed E-state index contributed by atoms with van der Waals surface area (Å²) in [5, 5.41) is 2.93. The summed E-state index contributed by atoms with van der Waals surface area (Å²) in [5.41, 5.74) is -0.780. The molecule has 2 aliphatic carbocycles. The number of nitrogens with zero attached hydrogens (tertiary/aromatic N) is 2. The number of hydrogen-bond acceptors (Lipinski definition) is 3. The van der Waals surface area contributed by atoms with E-state index < -0.39 is 11.6 Å². The molecule has 1 spiro atoms. The molecule has 25 heavy (non-hydrogen) atoms. The normalized spacial score (nSPS) is 30.6. The first-order chi connectivity index (χ1) is 12.0. The molecule has 1 saturated heterocycles. The molecule has 0 aromatic rings.